The molecule has 2 amide bonds. The second-order valence-corrected chi connectivity index (χ2v) is 4.42. The fourth-order valence-corrected chi connectivity index (χ4v) is 1.84. The third-order valence-corrected chi connectivity index (χ3v) is 2.85. The van der Waals surface area contributed by atoms with Gasteiger partial charge in [-0.2, -0.15) is 0 Å². The molecule has 0 spiro atoms. The van der Waals surface area contributed by atoms with Gasteiger partial charge in [-0.1, -0.05) is 23.7 Å². The second kappa shape index (κ2) is 5.71. The minimum absolute atomic E-state index is 0.142. The molecule has 0 saturated heterocycles. The number of rotatable bonds is 3. The zero-order valence-electron chi connectivity index (χ0n) is 10.2. The zero-order chi connectivity index (χ0) is 14.7. The SMILES string of the molecule is NC(=O)c1ccccc1NC(=O)c1cc(Cl)ccc1F. The lowest BCUT2D eigenvalue weighted by Crippen LogP contribution is -2.19. The number of halogens is 2. The van der Waals surface area contributed by atoms with Crippen LogP contribution in [0.25, 0.3) is 0 Å². The Labute approximate surface area is 119 Å². The van der Waals surface area contributed by atoms with Crippen molar-refractivity contribution in [1.82, 2.24) is 0 Å². The van der Waals surface area contributed by atoms with Crippen molar-refractivity contribution in [3.63, 3.8) is 0 Å². The molecule has 0 aliphatic rings. The summed E-state index contributed by atoms with van der Waals surface area (Å²) in [7, 11) is 0. The number of primary amides is 1. The second-order valence-electron chi connectivity index (χ2n) is 3.99. The number of carbonyl (C=O) groups is 2. The molecule has 0 saturated carbocycles. The van der Waals surface area contributed by atoms with Crippen LogP contribution >= 0.6 is 11.6 Å². The van der Waals surface area contributed by atoms with E-state index in [0.717, 1.165) is 6.07 Å². The summed E-state index contributed by atoms with van der Waals surface area (Å²) < 4.78 is 13.6. The number of hydrogen-bond donors (Lipinski definition) is 2. The summed E-state index contributed by atoms with van der Waals surface area (Å²) in [5, 5.41) is 2.67. The lowest BCUT2D eigenvalue weighted by Gasteiger charge is -2.09. The highest BCUT2D eigenvalue weighted by Crippen LogP contribution is 2.19. The number of para-hydroxylation sites is 1. The molecule has 0 unspecified atom stereocenters. The van der Waals surface area contributed by atoms with E-state index in [1.807, 2.05) is 0 Å². The molecule has 4 nitrogen and oxygen atoms in total. The van der Waals surface area contributed by atoms with Gasteiger partial charge in [-0.25, -0.2) is 4.39 Å². The summed E-state index contributed by atoms with van der Waals surface area (Å²) in [6.07, 6.45) is 0. The molecule has 3 N–H and O–H groups in total. The Morgan fingerprint density at radius 2 is 1.80 bits per heavy atom. The molecule has 6 heteroatoms. The zero-order valence-corrected chi connectivity index (χ0v) is 10.9. The normalized spacial score (nSPS) is 10.1. The molecule has 2 aromatic rings. The van der Waals surface area contributed by atoms with E-state index in [1.54, 1.807) is 12.1 Å². The molecule has 0 aliphatic carbocycles. The lowest BCUT2D eigenvalue weighted by atomic mass is 10.1. The van der Waals surface area contributed by atoms with E-state index in [9.17, 15) is 14.0 Å². The average molecular weight is 293 g/mol. The molecule has 20 heavy (non-hydrogen) atoms. The van der Waals surface area contributed by atoms with Crippen molar-refractivity contribution in [2.45, 2.75) is 0 Å². The van der Waals surface area contributed by atoms with Gasteiger partial charge < -0.3 is 11.1 Å². The molecule has 0 heterocycles. The van der Waals surface area contributed by atoms with Gasteiger partial charge in [-0.05, 0) is 30.3 Å². The minimum atomic E-state index is -0.710. The Hall–Kier alpha value is -2.40. The van der Waals surface area contributed by atoms with Crippen LogP contribution in [0, 0.1) is 5.82 Å². The highest BCUT2D eigenvalue weighted by molar-refractivity contribution is 6.31. The molecule has 0 radical (unpaired) electrons. The van der Waals surface area contributed by atoms with Crippen molar-refractivity contribution >= 4 is 29.1 Å². The van der Waals surface area contributed by atoms with Crippen molar-refractivity contribution in [1.29, 1.82) is 0 Å². The standard InChI is InChI=1S/C14H10ClFN2O2/c15-8-5-6-11(16)10(7-8)14(20)18-12-4-2-1-3-9(12)13(17)19/h1-7H,(H2,17,19)(H,18,20). The monoisotopic (exact) mass is 292 g/mol. The predicted octanol–water partition coefficient (Wildman–Crippen LogP) is 2.83. The van der Waals surface area contributed by atoms with Crippen molar-refractivity contribution in [2.24, 2.45) is 5.73 Å². The predicted molar refractivity (Wildman–Crippen MR) is 74.3 cm³/mol. The van der Waals surface area contributed by atoms with E-state index < -0.39 is 17.6 Å². The Kier molecular flexibility index (Phi) is 4.00. The van der Waals surface area contributed by atoms with E-state index in [0.29, 0.717) is 0 Å². The van der Waals surface area contributed by atoms with Gasteiger partial charge >= 0.3 is 0 Å². The van der Waals surface area contributed by atoms with Crippen LogP contribution in [0.3, 0.4) is 0 Å². The van der Waals surface area contributed by atoms with Crippen LogP contribution in [0.5, 0.6) is 0 Å². The molecule has 0 aliphatic heterocycles. The number of carbonyl (C=O) groups excluding carboxylic acids is 2. The third kappa shape index (κ3) is 2.95. The summed E-state index contributed by atoms with van der Waals surface area (Å²) in [4.78, 5) is 23.2. The Morgan fingerprint density at radius 1 is 1.10 bits per heavy atom. The number of benzene rings is 2. The van der Waals surface area contributed by atoms with Gasteiger partial charge in [0.2, 0.25) is 0 Å². The Morgan fingerprint density at radius 3 is 2.50 bits per heavy atom. The first-order valence-corrected chi connectivity index (χ1v) is 6.02. The van der Waals surface area contributed by atoms with Gasteiger partial charge in [0.15, 0.2) is 0 Å². The first-order valence-electron chi connectivity index (χ1n) is 5.64. The summed E-state index contributed by atoms with van der Waals surface area (Å²) in [6.45, 7) is 0. The summed E-state index contributed by atoms with van der Waals surface area (Å²) in [6, 6.07) is 9.83. The maximum absolute atomic E-state index is 13.6. The molecule has 2 rings (SSSR count). The molecular formula is C14H10ClFN2O2. The van der Waals surface area contributed by atoms with E-state index in [4.69, 9.17) is 17.3 Å². The Balaban J connectivity index is 2.33. The third-order valence-electron chi connectivity index (χ3n) is 2.61. The highest BCUT2D eigenvalue weighted by Gasteiger charge is 2.15. The van der Waals surface area contributed by atoms with Gasteiger partial charge in [0.1, 0.15) is 5.82 Å². The smallest absolute Gasteiger partial charge is 0.258 e. The van der Waals surface area contributed by atoms with Gasteiger partial charge in [0.25, 0.3) is 11.8 Å². The number of nitrogens with two attached hydrogens (primary N) is 1. The number of hydrogen-bond acceptors (Lipinski definition) is 2. The van der Waals surface area contributed by atoms with Crippen molar-refractivity contribution in [3.05, 3.63) is 64.4 Å². The van der Waals surface area contributed by atoms with Gasteiger partial charge in [-0.15, -0.1) is 0 Å². The van der Waals surface area contributed by atoms with Gasteiger partial charge in [0, 0.05) is 5.02 Å². The topological polar surface area (TPSA) is 72.2 Å². The van der Waals surface area contributed by atoms with E-state index in [1.165, 1.54) is 24.3 Å². The van der Waals surface area contributed by atoms with Crippen LogP contribution in [0.15, 0.2) is 42.5 Å². The minimum Gasteiger partial charge on any atom is -0.366 e. The lowest BCUT2D eigenvalue weighted by molar-refractivity contribution is 0.100. The largest absolute Gasteiger partial charge is 0.366 e. The molecule has 2 aromatic carbocycles. The van der Waals surface area contributed by atoms with Crippen LogP contribution in [-0.2, 0) is 0 Å². The summed E-state index contributed by atoms with van der Waals surface area (Å²) >= 11 is 5.72. The summed E-state index contributed by atoms with van der Waals surface area (Å²) in [5.41, 5.74) is 5.34. The number of nitrogens with one attached hydrogen (secondary N) is 1. The van der Waals surface area contributed by atoms with E-state index in [2.05, 4.69) is 5.32 Å². The molecule has 0 aromatic heterocycles. The average Bonchev–Trinajstić information content (AvgIpc) is 2.41. The Bertz CT molecular complexity index is 689. The fourth-order valence-electron chi connectivity index (χ4n) is 1.67. The van der Waals surface area contributed by atoms with Crippen LogP contribution in [0.1, 0.15) is 20.7 Å². The quantitative estimate of drug-likeness (QED) is 0.913. The van der Waals surface area contributed by atoms with Crippen LogP contribution in [-0.4, -0.2) is 11.8 Å². The van der Waals surface area contributed by atoms with Gasteiger partial charge in [-0.3, -0.25) is 9.59 Å². The fraction of sp³-hybridized carbons (Fsp3) is 0. The molecule has 0 fully saturated rings. The van der Waals surface area contributed by atoms with Crippen LogP contribution in [0.4, 0.5) is 10.1 Å². The first-order chi connectivity index (χ1) is 9.49. The van der Waals surface area contributed by atoms with E-state index >= 15 is 0 Å². The van der Waals surface area contributed by atoms with E-state index in [-0.39, 0.29) is 21.8 Å². The van der Waals surface area contributed by atoms with Crippen LogP contribution < -0.4 is 11.1 Å². The highest BCUT2D eigenvalue weighted by atomic mass is 35.5. The van der Waals surface area contributed by atoms with Crippen LogP contribution in [0.2, 0.25) is 5.02 Å². The van der Waals surface area contributed by atoms with Gasteiger partial charge in [0.05, 0.1) is 16.8 Å². The maximum Gasteiger partial charge on any atom is 0.258 e. The molecule has 0 atom stereocenters. The molecular weight excluding hydrogens is 283 g/mol. The number of amides is 2. The van der Waals surface area contributed by atoms with Crippen molar-refractivity contribution < 1.29 is 14.0 Å². The first kappa shape index (κ1) is 14.0. The molecule has 102 valence electrons. The maximum atomic E-state index is 13.6. The number of anilines is 1. The van der Waals surface area contributed by atoms with Crippen molar-refractivity contribution in [2.75, 3.05) is 5.32 Å². The molecule has 0 bridgehead atoms. The van der Waals surface area contributed by atoms with Crippen molar-refractivity contribution in [3.8, 4) is 0 Å². The summed E-state index contributed by atoms with van der Waals surface area (Å²) in [5.74, 6) is -2.10.